The number of aryl methyl sites for hydroxylation is 2. The summed E-state index contributed by atoms with van der Waals surface area (Å²) in [5, 5.41) is 11.6. The minimum Gasteiger partial charge on any atom is -0.481 e. The SMILES string of the molecule is CCc1nc(NC(=O)CCC(=O)O)sc1C. The van der Waals surface area contributed by atoms with Gasteiger partial charge in [0.1, 0.15) is 0 Å². The molecule has 5 nitrogen and oxygen atoms in total. The van der Waals surface area contributed by atoms with E-state index in [1.165, 1.54) is 11.3 Å². The van der Waals surface area contributed by atoms with Gasteiger partial charge in [0.05, 0.1) is 12.1 Å². The Balaban J connectivity index is 2.52. The molecule has 0 fully saturated rings. The number of aliphatic carboxylic acids is 1. The molecule has 1 aromatic rings. The van der Waals surface area contributed by atoms with Gasteiger partial charge in [-0.25, -0.2) is 4.98 Å². The molecule has 88 valence electrons. The summed E-state index contributed by atoms with van der Waals surface area (Å²) in [4.78, 5) is 26.9. The molecule has 0 saturated heterocycles. The van der Waals surface area contributed by atoms with Crippen LogP contribution in [0, 0.1) is 6.92 Å². The second-order valence-electron chi connectivity index (χ2n) is 3.32. The quantitative estimate of drug-likeness (QED) is 0.825. The summed E-state index contributed by atoms with van der Waals surface area (Å²) in [5.41, 5.74) is 0.971. The third kappa shape index (κ3) is 3.62. The lowest BCUT2D eigenvalue weighted by atomic mass is 10.3. The number of carboxylic acids is 1. The van der Waals surface area contributed by atoms with Crippen molar-refractivity contribution in [2.45, 2.75) is 33.1 Å². The molecule has 0 saturated carbocycles. The molecule has 2 N–H and O–H groups in total. The highest BCUT2D eigenvalue weighted by Crippen LogP contribution is 2.22. The molecule has 1 rings (SSSR count). The molecule has 1 aromatic heterocycles. The number of rotatable bonds is 5. The summed E-state index contributed by atoms with van der Waals surface area (Å²) in [6.07, 6.45) is 0.652. The maximum atomic E-state index is 11.3. The fraction of sp³-hybridized carbons (Fsp3) is 0.500. The number of hydrogen-bond acceptors (Lipinski definition) is 4. The van der Waals surface area contributed by atoms with Crippen molar-refractivity contribution >= 4 is 28.3 Å². The van der Waals surface area contributed by atoms with E-state index in [1.54, 1.807) is 0 Å². The molecule has 0 unspecified atom stereocenters. The van der Waals surface area contributed by atoms with Crippen molar-refractivity contribution in [2.75, 3.05) is 5.32 Å². The Hall–Kier alpha value is -1.43. The number of hydrogen-bond donors (Lipinski definition) is 2. The molecule has 0 spiro atoms. The van der Waals surface area contributed by atoms with Crippen LogP contribution in [0.2, 0.25) is 0 Å². The number of nitrogens with one attached hydrogen (secondary N) is 1. The number of nitrogens with zero attached hydrogens (tertiary/aromatic N) is 1. The van der Waals surface area contributed by atoms with Gasteiger partial charge in [0.2, 0.25) is 5.91 Å². The Morgan fingerprint density at radius 1 is 1.44 bits per heavy atom. The van der Waals surface area contributed by atoms with Crippen molar-refractivity contribution in [2.24, 2.45) is 0 Å². The smallest absolute Gasteiger partial charge is 0.303 e. The Labute approximate surface area is 97.5 Å². The second kappa shape index (κ2) is 5.60. The highest BCUT2D eigenvalue weighted by Gasteiger charge is 2.10. The van der Waals surface area contributed by atoms with Gasteiger partial charge in [-0.05, 0) is 13.3 Å². The van der Waals surface area contributed by atoms with Gasteiger partial charge in [0.15, 0.2) is 5.13 Å². The zero-order valence-corrected chi connectivity index (χ0v) is 10.1. The third-order valence-corrected chi connectivity index (χ3v) is 2.97. The van der Waals surface area contributed by atoms with Crippen LogP contribution in [0.3, 0.4) is 0 Å². The van der Waals surface area contributed by atoms with Crippen molar-refractivity contribution in [1.82, 2.24) is 4.98 Å². The molecule has 0 radical (unpaired) electrons. The van der Waals surface area contributed by atoms with E-state index in [2.05, 4.69) is 10.3 Å². The summed E-state index contributed by atoms with van der Waals surface area (Å²) >= 11 is 1.41. The summed E-state index contributed by atoms with van der Waals surface area (Å²) in [6, 6.07) is 0. The number of thiazole rings is 1. The van der Waals surface area contributed by atoms with Gasteiger partial charge >= 0.3 is 5.97 Å². The fourth-order valence-electron chi connectivity index (χ4n) is 1.21. The lowest BCUT2D eigenvalue weighted by molar-refractivity contribution is -0.138. The minimum atomic E-state index is -0.972. The molecule has 6 heteroatoms. The van der Waals surface area contributed by atoms with Crippen molar-refractivity contribution < 1.29 is 14.7 Å². The molecule has 1 amide bonds. The van der Waals surface area contributed by atoms with Gasteiger partial charge in [0.25, 0.3) is 0 Å². The molecule has 0 aliphatic carbocycles. The predicted molar refractivity (Wildman–Crippen MR) is 61.7 cm³/mol. The lowest BCUT2D eigenvalue weighted by Crippen LogP contribution is -2.12. The molecule has 0 aliphatic rings. The number of carbonyl (C=O) groups excluding carboxylic acids is 1. The zero-order chi connectivity index (χ0) is 12.1. The molecule has 0 aliphatic heterocycles. The van der Waals surface area contributed by atoms with E-state index in [0.29, 0.717) is 5.13 Å². The first-order valence-electron chi connectivity index (χ1n) is 5.01. The summed E-state index contributed by atoms with van der Waals surface area (Å²) in [5.74, 6) is -1.28. The minimum absolute atomic E-state index is 0.0184. The third-order valence-electron chi connectivity index (χ3n) is 2.04. The molecule has 1 heterocycles. The van der Waals surface area contributed by atoms with Crippen molar-refractivity contribution in [3.05, 3.63) is 10.6 Å². The van der Waals surface area contributed by atoms with Crippen LogP contribution in [0.5, 0.6) is 0 Å². The molecule has 0 atom stereocenters. The second-order valence-corrected chi connectivity index (χ2v) is 4.52. The van der Waals surface area contributed by atoms with Crippen LogP contribution < -0.4 is 5.32 Å². The maximum absolute atomic E-state index is 11.3. The Bertz CT molecular complexity index is 401. The van der Waals surface area contributed by atoms with E-state index in [9.17, 15) is 9.59 Å². The summed E-state index contributed by atoms with van der Waals surface area (Å²) in [6.45, 7) is 3.95. The monoisotopic (exact) mass is 242 g/mol. The maximum Gasteiger partial charge on any atom is 0.303 e. The van der Waals surface area contributed by atoms with Crippen LogP contribution in [0.15, 0.2) is 0 Å². The summed E-state index contributed by atoms with van der Waals surface area (Å²) < 4.78 is 0. The van der Waals surface area contributed by atoms with E-state index >= 15 is 0 Å². The van der Waals surface area contributed by atoms with Gasteiger partial charge < -0.3 is 10.4 Å². The molecule has 0 bridgehead atoms. The number of aromatic nitrogens is 1. The molecule has 0 aromatic carbocycles. The standard InChI is InChI=1S/C10H14N2O3S/c1-3-7-6(2)16-10(11-7)12-8(13)4-5-9(14)15/h3-5H2,1-2H3,(H,14,15)(H,11,12,13). The van der Waals surface area contributed by atoms with Crippen molar-refractivity contribution in [3.63, 3.8) is 0 Å². The topological polar surface area (TPSA) is 79.3 Å². The highest BCUT2D eigenvalue weighted by molar-refractivity contribution is 7.15. The van der Waals surface area contributed by atoms with Gasteiger partial charge in [-0.2, -0.15) is 0 Å². The molecular weight excluding hydrogens is 228 g/mol. The largest absolute Gasteiger partial charge is 0.481 e. The number of amides is 1. The van der Waals surface area contributed by atoms with E-state index in [0.717, 1.165) is 17.0 Å². The first-order valence-corrected chi connectivity index (χ1v) is 5.82. The highest BCUT2D eigenvalue weighted by atomic mass is 32.1. The normalized spacial score (nSPS) is 10.1. The van der Waals surface area contributed by atoms with E-state index < -0.39 is 5.97 Å². The van der Waals surface area contributed by atoms with Crippen molar-refractivity contribution in [3.8, 4) is 0 Å². The van der Waals surface area contributed by atoms with Crippen LogP contribution in [0.25, 0.3) is 0 Å². The Kier molecular flexibility index (Phi) is 4.42. The van der Waals surface area contributed by atoms with Crippen molar-refractivity contribution in [1.29, 1.82) is 0 Å². The fourth-order valence-corrected chi connectivity index (χ4v) is 2.13. The Morgan fingerprint density at radius 2 is 2.12 bits per heavy atom. The van der Waals surface area contributed by atoms with Gasteiger partial charge in [-0.1, -0.05) is 6.92 Å². The van der Waals surface area contributed by atoms with Gasteiger partial charge in [-0.3, -0.25) is 9.59 Å². The van der Waals surface area contributed by atoms with Crippen LogP contribution >= 0.6 is 11.3 Å². The average molecular weight is 242 g/mol. The Morgan fingerprint density at radius 3 is 2.62 bits per heavy atom. The van der Waals surface area contributed by atoms with Crippen LogP contribution in [0.1, 0.15) is 30.3 Å². The first kappa shape index (κ1) is 12.6. The van der Waals surface area contributed by atoms with Crippen LogP contribution in [0.4, 0.5) is 5.13 Å². The lowest BCUT2D eigenvalue weighted by Gasteiger charge is -1.98. The van der Waals surface area contributed by atoms with Crippen LogP contribution in [-0.2, 0) is 16.0 Å². The van der Waals surface area contributed by atoms with E-state index in [1.807, 2.05) is 13.8 Å². The molecular formula is C10H14N2O3S. The first-order chi connectivity index (χ1) is 7.52. The predicted octanol–water partition coefficient (Wildman–Crippen LogP) is 1.82. The average Bonchev–Trinajstić information content (AvgIpc) is 2.55. The zero-order valence-electron chi connectivity index (χ0n) is 9.24. The van der Waals surface area contributed by atoms with E-state index in [4.69, 9.17) is 5.11 Å². The number of carbonyl (C=O) groups is 2. The molecule has 16 heavy (non-hydrogen) atoms. The summed E-state index contributed by atoms with van der Waals surface area (Å²) in [7, 11) is 0. The van der Waals surface area contributed by atoms with Crippen LogP contribution in [-0.4, -0.2) is 22.0 Å². The van der Waals surface area contributed by atoms with Gasteiger partial charge in [-0.15, -0.1) is 11.3 Å². The van der Waals surface area contributed by atoms with E-state index in [-0.39, 0.29) is 18.7 Å². The number of anilines is 1. The van der Waals surface area contributed by atoms with Gasteiger partial charge in [0, 0.05) is 11.3 Å². The number of carboxylic acid groups (broad SMARTS) is 1.